The summed E-state index contributed by atoms with van der Waals surface area (Å²) < 4.78 is 1.97. The second kappa shape index (κ2) is 3.86. The Morgan fingerprint density at radius 2 is 2.31 bits per heavy atom. The van der Waals surface area contributed by atoms with Gasteiger partial charge in [0.25, 0.3) is 0 Å². The molecule has 1 aromatic heterocycles. The lowest BCUT2D eigenvalue weighted by Gasteiger charge is -2.15. The van der Waals surface area contributed by atoms with Crippen LogP contribution >= 0.6 is 0 Å². The highest BCUT2D eigenvalue weighted by Crippen LogP contribution is 2.61. The summed E-state index contributed by atoms with van der Waals surface area (Å²) in [5.74, 6) is 8.31. The second-order valence-corrected chi connectivity index (χ2v) is 5.11. The van der Waals surface area contributed by atoms with Crippen molar-refractivity contribution < 1.29 is 0 Å². The third kappa shape index (κ3) is 1.48. The van der Waals surface area contributed by atoms with Crippen LogP contribution in [0.2, 0.25) is 0 Å². The van der Waals surface area contributed by atoms with Crippen molar-refractivity contribution in [2.45, 2.75) is 38.8 Å². The molecule has 0 spiro atoms. The SMILES string of the molecule is CCn1cc(C(NN)C2C3CCCC32)cn1. The van der Waals surface area contributed by atoms with Crippen LogP contribution in [0.15, 0.2) is 12.4 Å². The lowest BCUT2D eigenvalue weighted by atomic mass is 10.0. The van der Waals surface area contributed by atoms with Gasteiger partial charge < -0.3 is 0 Å². The van der Waals surface area contributed by atoms with Crippen LogP contribution < -0.4 is 11.3 Å². The normalized spacial score (nSPS) is 33.8. The molecular weight excluding hydrogens is 200 g/mol. The molecule has 1 aromatic rings. The van der Waals surface area contributed by atoms with Gasteiger partial charge in [0.2, 0.25) is 0 Å². The molecule has 16 heavy (non-hydrogen) atoms. The van der Waals surface area contributed by atoms with Crippen molar-refractivity contribution >= 4 is 0 Å². The maximum absolute atomic E-state index is 5.71. The van der Waals surface area contributed by atoms with Crippen molar-refractivity contribution in [2.75, 3.05) is 0 Å². The summed E-state index contributed by atoms with van der Waals surface area (Å²) in [5.41, 5.74) is 4.25. The minimum Gasteiger partial charge on any atom is -0.273 e. The summed E-state index contributed by atoms with van der Waals surface area (Å²) >= 11 is 0. The van der Waals surface area contributed by atoms with Crippen LogP contribution in [-0.4, -0.2) is 9.78 Å². The Hall–Kier alpha value is -0.870. The molecule has 2 aliphatic rings. The van der Waals surface area contributed by atoms with Crippen LogP contribution in [0.3, 0.4) is 0 Å². The van der Waals surface area contributed by atoms with Crippen molar-refractivity contribution in [3.63, 3.8) is 0 Å². The third-order valence-electron chi connectivity index (χ3n) is 4.37. The van der Waals surface area contributed by atoms with E-state index < -0.39 is 0 Å². The summed E-state index contributed by atoms with van der Waals surface area (Å²) in [5, 5.41) is 4.33. The Bertz CT molecular complexity index is 363. The van der Waals surface area contributed by atoms with E-state index >= 15 is 0 Å². The van der Waals surface area contributed by atoms with E-state index in [1.807, 2.05) is 10.9 Å². The molecular formula is C12H20N4. The van der Waals surface area contributed by atoms with Gasteiger partial charge in [0.1, 0.15) is 0 Å². The molecule has 0 aromatic carbocycles. The number of aryl methyl sites for hydroxylation is 1. The van der Waals surface area contributed by atoms with Gasteiger partial charge in [-0.3, -0.25) is 16.0 Å². The molecule has 0 bridgehead atoms. The molecule has 2 aliphatic carbocycles. The molecule has 0 radical (unpaired) electrons. The molecule has 0 amide bonds. The number of hydrogen-bond donors (Lipinski definition) is 2. The van der Waals surface area contributed by atoms with E-state index in [9.17, 15) is 0 Å². The van der Waals surface area contributed by atoms with Crippen molar-refractivity contribution in [1.29, 1.82) is 0 Å². The lowest BCUT2D eigenvalue weighted by molar-refractivity contribution is 0.425. The van der Waals surface area contributed by atoms with Gasteiger partial charge >= 0.3 is 0 Å². The van der Waals surface area contributed by atoms with Gasteiger partial charge in [0.05, 0.1) is 12.2 Å². The first-order valence-electron chi connectivity index (χ1n) is 6.33. The van der Waals surface area contributed by atoms with E-state index in [1.165, 1.54) is 24.8 Å². The van der Waals surface area contributed by atoms with Gasteiger partial charge in [-0.25, -0.2) is 0 Å². The van der Waals surface area contributed by atoms with Crippen LogP contribution in [-0.2, 0) is 6.54 Å². The minimum absolute atomic E-state index is 0.315. The third-order valence-corrected chi connectivity index (χ3v) is 4.37. The first kappa shape index (κ1) is 10.3. The number of rotatable bonds is 4. The summed E-state index contributed by atoms with van der Waals surface area (Å²) in [6, 6.07) is 0.315. The zero-order chi connectivity index (χ0) is 11.1. The molecule has 2 fully saturated rings. The molecule has 3 N–H and O–H groups in total. The molecule has 0 aliphatic heterocycles. The van der Waals surface area contributed by atoms with E-state index in [-0.39, 0.29) is 0 Å². The largest absolute Gasteiger partial charge is 0.273 e. The smallest absolute Gasteiger partial charge is 0.0538 e. The molecule has 0 saturated heterocycles. The quantitative estimate of drug-likeness (QED) is 0.596. The number of nitrogens with one attached hydrogen (secondary N) is 1. The average molecular weight is 220 g/mol. The molecule has 3 atom stereocenters. The Labute approximate surface area is 96.2 Å². The maximum Gasteiger partial charge on any atom is 0.0538 e. The molecule has 4 heteroatoms. The number of hydrogen-bond acceptors (Lipinski definition) is 3. The van der Waals surface area contributed by atoms with E-state index in [1.54, 1.807) is 0 Å². The first-order chi connectivity index (χ1) is 7.85. The van der Waals surface area contributed by atoms with Crippen LogP contribution in [0.5, 0.6) is 0 Å². The zero-order valence-electron chi connectivity index (χ0n) is 9.76. The van der Waals surface area contributed by atoms with E-state index in [4.69, 9.17) is 5.84 Å². The number of fused-ring (bicyclic) bond motifs is 1. The fourth-order valence-corrected chi connectivity index (χ4v) is 3.51. The summed E-state index contributed by atoms with van der Waals surface area (Å²) in [6.07, 6.45) is 8.29. The highest BCUT2D eigenvalue weighted by Gasteiger charge is 2.56. The average Bonchev–Trinajstić information content (AvgIpc) is 2.77. The Kier molecular flexibility index (Phi) is 2.48. The van der Waals surface area contributed by atoms with E-state index in [0.29, 0.717) is 6.04 Å². The minimum atomic E-state index is 0.315. The number of nitrogens with two attached hydrogens (primary N) is 1. The topological polar surface area (TPSA) is 55.9 Å². The van der Waals surface area contributed by atoms with Crippen LogP contribution in [0.1, 0.15) is 37.8 Å². The first-order valence-corrected chi connectivity index (χ1v) is 6.33. The van der Waals surface area contributed by atoms with E-state index in [0.717, 1.165) is 24.3 Å². The van der Waals surface area contributed by atoms with Gasteiger partial charge in [-0.15, -0.1) is 0 Å². The van der Waals surface area contributed by atoms with E-state index in [2.05, 4.69) is 23.6 Å². The van der Waals surface area contributed by atoms with Gasteiger partial charge in [-0.1, -0.05) is 6.42 Å². The molecule has 4 nitrogen and oxygen atoms in total. The van der Waals surface area contributed by atoms with Gasteiger partial charge in [0.15, 0.2) is 0 Å². The zero-order valence-corrected chi connectivity index (χ0v) is 9.76. The molecule has 1 heterocycles. The monoisotopic (exact) mass is 220 g/mol. The van der Waals surface area contributed by atoms with Crippen molar-refractivity contribution in [1.82, 2.24) is 15.2 Å². The Balaban J connectivity index is 1.76. The second-order valence-electron chi connectivity index (χ2n) is 5.11. The van der Waals surface area contributed by atoms with Gasteiger partial charge in [-0.05, 0) is 37.5 Å². The summed E-state index contributed by atoms with van der Waals surface area (Å²) in [4.78, 5) is 0. The fourth-order valence-electron chi connectivity index (χ4n) is 3.51. The Morgan fingerprint density at radius 1 is 1.56 bits per heavy atom. The van der Waals surface area contributed by atoms with Crippen LogP contribution in [0.25, 0.3) is 0 Å². The van der Waals surface area contributed by atoms with Crippen LogP contribution in [0, 0.1) is 17.8 Å². The predicted octanol–water partition coefficient (Wildman–Crippen LogP) is 1.45. The number of nitrogens with zero attached hydrogens (tertiary/aromatic N) is 2. The predicted molar refractivity (Wildman–Crippen MR) is 62.3 cm³/mol. The standard InChI is InChI=1S/C12H20N4/c1-2-16-7-8(6-14-16)12(15-13)11-9-4-3-5-10(9)11/h6-7,9-12,15H,2-5,13H2,1H3. The van der Waals surface area contributed by atoms with Gasteiger partial charge in [0, 0.05) is 18.3 Å². The number of aromatic nitrogens is 2. The van der Waals surface area contributed by atoms with Crippen molar-refractivity contribution in [2.24, 2.45) is 23.6 Å². The summed E-state index contributed by atoms with van der Waals surface area (Å²) in [6.45, 7) is 3.03. The maximum atomic E-state index is 5.71. The van der Waals surface area contributed by atoms with Gasteiger partial charge in [-0.2, -0.15) is 5.10 Å². The molecule has 3 rings (SSSR count). The van der Waals surface area contributed by atoms with Crippen LogP contribution in [0.4, 0.5) is 0 Å². The summed E-state index contributed by atoms with van der Waals surface area (Å²) in [7, 11) is 0. The van der Waals surface area contributed by atoms with Crippen molar-refractivity contribution in [3.05, 3.63) is 18.0 Å². The molecule has 3 unspecified atom stereocenters. The Morgan fingerprint density at radius 3 is 2.88 bits per heavy atom. The molecule has 2 saturated carbocycles. The highest BCUT2D eigenvalue weighted by molar-refractivity contribution is 5.18. The molecule has 88 valence electrons. The lowest BCUT2D eigenvalue weighted by Crippen LogP contribution is -2.30. The highest BCUT2D eigenvalue weighted by atomic mass is 15.3. The fraction of sp³-hybridized carbons (Fsp3) is 0.750. The van der Waals surface area contributed by atoms with Crippen molar-refractivity contribution in [3.8, 4) is 0 Å². The number of hydrazine groups is 1.